The Morgan fingerprint density at radius 2 is 0.457 bits per heavy atom. The molecule has 0 N–H and O–H groups in total. The second-order valence-electron chi connectivity index (χ2n) is 29.9. The maximum absolute atomic E-state index is 5.39. The predicted octanol–water partition coefficient (Wildman–Crippen LogP) is 27.4. The fourth-order valence-electron chi connectivity index (χ4n) is 17.8. The van der Waals surface area contributed by atoms with Crippen molar-refractivity contribution in [2.24, 2.45) is 0 Å². The SMILES string of the molecule is c1ccc(-c2cc(-c3ccc4ccccc4c3)nc(-c3cc(-n4c5ccccc5c5cc6c7ccccc7n(-c7ccccc7)c6cc54)cc4ccccc34)n2)cc1.c1ccc(-c2nc(-c3ccc4ccccc4c3)nc(-c3cc(-n4c5ccccc5c5cc6c7ccccc7n(-c7ccccc7)c6cc54)cc4ccccc34)n2)cc1. The Morgan fingerprint density at radius 1 is 0.147 bits per heavy atom. The molecule has 24 aromatic rings. The predicted molar refractivity (Wildman–Crippen MR) is 482 cm³/mol. The van der Waals surface area contributed by atoms with Gasteiger partial charge in [0.15, 0.2) is 23.3 Å². The summed E-state index contributed by atoms with van der Waals surface area (Å²) in [4.78, 5) is 26.3. The van der Waals surface area contributed by atoms with E-state index in [0.717, 1.165) is 122 Å². The smallest absolute Gasteiger partial charge is 0.164 e. The van der Waals surface area contributed by atoms with Gasteiger partial charge in [-0.3, -0.25) is 0 Å². The first-order valence-corrected chi connectivity index (χ1v) is 39.4. The average Bonchev–Trinajstić information content (AvgIpc) is 1.55. The molecule has 0 aliphatic carbocycles. The van der Waals surface area contributed by atoms with Crippen molar-refractivity contribution in [3.05, 3.63) is 406 Å². The summed E-state index contributed by atoms with van der Waals surface area (Å²) in [5.41, 5.74) is 21.3. The molecule has 6 aromatic heterocycles. The summed E-state index contributed by atoms with van der Waals surface area (Å²) in [5, 5.41) is 18.9. The molecule has 6 heterocycles. The van der Waals surface area contributed by atoms with Crippen LogP contribution < -0.4 is 0 Å². The van der Waals surface area contributed by atoms with Crippen LogP contribution in [0.15, 0.2) is 406 Å². The van der Waals surface area contributed by atoms with Crippen molar-refractivity contribution >= 4 is 130 Å². The summed E-state index contributed by atoms with van der Waals surface area (Å²) < 4.78 is 9.63. The van der Waals surface area contributed by atoms with E-state index in [4.69, 9.17) is 24.9 Å². The standard InChI is InChI=1S/C54H34N4.C53H33N5/c1-3-16-36(17-4-1)48-33-49(39-28-27-35-15-7-8-18-37(35)29-39)56-54(55-48)47-31-41(30-38-19-9-10-22-42(38)47)58-51-26-14-12-24-44(51)46-32-45-43-23-11-13-25-50(43)57(52(45)34-53(46)58)40-20-5-2-6-21-40;1-3-16-35(17-4-1)51-54-52(38-28-27-34-15-7-8-18-36(34)29-38)56-53(55-51)46-31-40(30-37-19-9-10-22-41(37)46)58-48-26-14-12-24-43(48)45-32-44-42-23-11-13-25-47(42)57(49(44)33-50(45)58)39-20-5-2-6-21-39/h1-34H;1-33H. The molecule has 18 aromatic carbocycles. The number of aromatic nitrogens is 9. The van der Waals surface area contributed by atoms with Crippen LogP contribution in [0.3, 0.4) is 0 Å². The first kappa shape index (κ1) is 66.1. The van der Waals surface area contributed by atoms with Crippen LogP contribution in [0.1, 0.15) is 0 Å². The molecule has 0 fully saturated rings. The molecule has 0 aliphatic rings. The van der Waals surface area contributed by atoms with Crippen LogP contribution in [0.25, 0.3) is 221 Å². The second kappa shape index (κ2) is 27.1. The van der Waals surface area contributed by atoms with E-state index in [1.165, 1.54) is 75.8 Å². The lowest BCUT2D eigenvalue weighted by Gasteiger charge is -2.15. The number of hydrogen-bond donors (Lipinski definition) is 0. The fourth-order valence-corrected chi connectivity index (χ4v) is 17.8. The fraction of sp³-hybridized carbons (Fsp3) is 0. The molecule has 0 unspecified atom stereocenters. The topological polar surface area (TPSA) is 84.2 Å². The largest absolute Gasteiger partial charge is 0.309 e. The molecule has 0 bridgehead atoms. The maximum atomic E-state index is 5.39. The van der Waals surface area contributed by atoms with Gasteiger partial charge in [-0.1, -0.05) is 291 Å². The van der Waals surface area contributed by atoms with Gasteiger partial charge in [0.1, 0.15) is 0 Å². The lowest BCUT2D eigenvalue weighted by atomic mass is 10.0. The van der Waals surface area contributed by atoms with Crippen LogP contribution in [-0.4, -0.2) is 43.2 Å². The highest BCUT2D eigenvalue weighted by atomic mass is 15.1. The van der Waals surface area contributed by atoms with Gasteiger partial charge in [-0.25, -0.2) is 24.9 Å². The number of hydrogen-bond acceptors (Lipinski definition) is 5. The lowest BCUT2D eigenvalue weighted by molar-refractivity contribution is 1.07. The van der Waals surface area contributed by atoms with E-state index >= 15 is 0 Å². The zero-order valence-corrected chi connectivity index (χ0v) is 62.7. The highest BCUT2D eigenvalue weighted by molar-refractivity contribution is 6.21. The molecule has 24 rings (SSSR count). The van der Waals surface area contributed by atoms with Gasteiger partial charge < -0.3 is 18.3 Å². The van der Waals surface area contributed by atoms with Crippen LogP contribution >= 0.6 is 0 Å². The van der Waals surface area contributed by atoms with Crippen LogP contribution in [-0.2, 0) is 0 Å². The zero-order valence-electron chi connectivity index (χ0n) is 62.7. The van der Waals surface area contributed by atoms with Gasteiger partial charge >= 0.3 is 0 Å². The van der Waals surface area contributed by atoms with E-state index in [1.54, 1.807) is 0 Å². The summed E-state index contributed by atoms with van der Waals surface area (Å²) >= 11 is 0. The Hall–Kier alpha value is -15.7. The minimum Gasteiger partial charge on any atom is -0.309 e. The summed E-state index contributed by atoms with van der Waals surface area (Å²) in [6.45, 7) is 0. The van der Waals surface area contributed by atoms with Crippen molar-refractivity contribution < 1.29 is 0 Å². The number of nitrogens with zero attached hydrogens (tertiary/aromatic N) is 9. The third-order valence-corrected chi connectivity index (χ3v) is 23.2. The Morgan fingerprint density at radius 3 is 0.897 bits per heavy atom. The van der Waals surface area contributed by atoms with Crippen LogP contribution in [0, 0.1) is 0 Å². The highest BCUT2D eigenvalue weighted by Crippen LogP contribution is 2.45. The summed E-state index contributed by atoms with van der Waals surface area (Å²) in [6, 6.07) is 145. The number of benzene rings is 18. The van der Waals surface area contributed by atoms with E-state index < -0.39 is 0 Å². The molecule has 9 nitrogen and oxygen atoms in total. The van der Waals surface area contributed by atoms with E-state index in [-0.39, 0.29) is 0 Å². The van der Waals surface area contributed by atoms with Gasteiger partial charge in [0, 0.05) is 99.2 Å². The van der Waals surface area contributed by atoms with Gasteiger partial charge in [-0.15, -0.1) is 0 Å². The van der Waals surface area contributed by atoms with E-state index in [9.17, 15) is 0 Å². The van der Waals surface area contributed by atoms with Gasteiger partial charge in [-0.2, -0.15) is 0 Å². The summed E-state index contributed by atoms with van der Waals surface area (Å²) in [5.74, 6) is 2.59. The first-order valence-electron chi connectivity index (χ1n) is 39.4. The normalized spacial score (nSPS) is 11.8. The molecular formula is C107H67N9. The molecule has 9 heteroatoms. The van der Waals surface area contributed by atoms with Gasteiger partial charge in [0.05, 0.1) is 55.5 Å². The van der Waals surface area contributed by atoms with E-state index in [0.29, 0.717) is 23.3 Å². The van der Waals surface area contributed by atoms with E-state index in [1.807, 2.05) is 24.3 Å². The van der Waals surface area contributed by atoms with Gasteiger partial charge in [-0.05, 0) is 158 Å². The van der Waals surface area contributed by atoms with Crippen molar-refractivity contribution in [1.82, 2.24) is 43.2 Å². The highest BCUT2D eigenvalue weighted by Gasteiger charge is 2.25. The first-order chi connectivity index (χ1) is 57.5. The molecular weight excluding hydrogens is 1410 g/mol. The van der Waals surface area contributed by atoms with Crippen molar-refractivity contribution in [3.63, 3.8) is 0 Å². The second-order valence-corrected chi connectivity index (χ2v) is 29.9. The zero-order chi connectivity index (χ0) is 76.3. The number of fused-ring (bicyclic) bond motifs is 16. The molecule has 540 valence electrons. The maximum Gasteiger partial charge on any atom is 0.164 e. The third kappa shape index (κ3) is 11.0. The molecule has 0 radical (unpaired) electrons. The summed E-state index contributed by atoms with van der Waals surface area (Å²) in [6.07, 6.45) is 0. The molecule has 0 amide bonds. The quantitative estimate of drug-likeness (QED) is 0.136. The minimum absolute atomic E-state index is 0.627. The monoisotopic (exact) mass is 1480 g/mol. The van der Waals surface area contributed by atoms with Crippen LogP contribution in [0.5, 0.6) is 0 Å². The molecule has 0 atom stereocenters. The molecule has 116 heavy (non-hydrogen) atoms. The Labute approximate surface area is 666 Å². The average molecular weight is 1480 g/mol. The number of rotatable bonds is 10. The van der Waals surface area contributed by atoms with E-state index in [2.05, 4.69) is 400 Å². The van der Waals surface area contributed by atoms with Crippen molar-refractivity contribution in [2.45, 2.75) is 0 Å². The number of para-hydroxylation sites is 6. The van der Waals surface area contributed by atoms with Crippen LogP contribution in [0.2, 0.25) is 0 Å². The summed E-state index contributed by atoms with van der Waals surface area (Å²) in [7, 11) is 0. The Bertz CT molecular complexity index is 7600. The van der Waals surface area contributed by atoms with Gasteiger partial charge in [0.25, 0.3) is 0 Å². The lowest BCUT2D eigenvalue weighted by Crippen LogP contribution is -2.02. The van der Waals surface area contributed by atoms with Gasteiger partial charge in [0.2, 0.25) is 0 Å². The van der Waals surface area contributed by atoms with Crippen molar-refractivity contribution in [2.75, 3.05) is 0 Å². The molecule has 0 spiro atoms. The molecule has 0 aliphatic heterocycles. The third-order valence-electron chi connectivity index (χ3n) is 23.2. The Kier molecular flexibility index (Phi) is 15.4. The van der Waals surface area contributed by atoms with Crippen molar-refractivity contribution in [1.29, 1.82) is 0 Å². The molecule has 0 saturated heterocycles. The Balaban J connectivity index is 0.000000137. The van der Waals surface area contributed by atoms with Crippen molar-refractivity contribution in [3.8, 4) is 90.8 Å². The minimum atomic E-state index is 0.627. The van der Waals surface area contributed by atoms with Crippen LogP contribution in [0.4, 0.5) is 0 Å². The molecule has 0 saturated carbocycles.